The summed E-state index contributed by atoms with van der Waals surface area (Å²) in [5.41, 5.74) is 8.58. The summed E-state index contributed by atoms with van der Waals surface area (Å²) in [4.78, 5) is 2.54. The lowest BCUT2D eigenvalue weighted by molar-refractivity contribution is 0.171. The Bertz CT molecular complexity index is 419. The lowest BCUT2D eigenvalue weighted by Crippen LogP contribution is -2.37. The number of likely N-dealkylation sites (tertiary alicyclic amines) is 1. The van der Waals surface area contributed by atoms with Gasteiger partial charge in [0, 0.05) is 19.5 Å². The monoisotopic (exact) mass is 246 g/mol. The maximum atomic E-state index is 5.79. The minimum atomic E-state index is 0.691. The summed E-state index contributed by atoms with van der Waals surface area (Å²) < 4.78 is 5.55. The second-order valence-electron chi connectivity index (χ2n) is 5.52. The first-order chi connectivity index (χ1) is 8.85. The Morgan fingerprint density at radius 1 is 1.39 bits per heavy atom. The van der Waals surface area contributed by atoms with E-state index in [9.17, 15) is 0 Å². The molecule has 1 fully saturated rings. The molecule has 1 unspecified atom stereocenters. The van der Waals surface area contributed by atoms with E-state index >= 15 is 0 Å². The summed E-state index contributed by atoms with van der Waals surface area (Å²) in [6.45, 7) is 5.10. The van der Waals surface area contributed by atoms with Crippen LogP contribution in [0.1, 0.15) is 24.0 Å². The molecule has 2 aliphatic heterocycles. The number of nitrogens with zero attached hydrogens (tertiary/aromatic N) is 1. The zero-order valence-electron chi connectivity index (χ0n) is 10.9. The number of hydrogen-bond donors (Lipinski definition) is 1. The van der Waals surface area contributed by atoms with Crippen LogP contribution in [-0.4, -0.2) is 31.1 Å². The molecule has 0 aromatic heterocycles. The standard InChI is InChI=1S/C15H22N2O/c16-9-13-2-1-6-17(11-13)10-12-3-4-15-14(8-12)5-7-18-15/h3-4,8,13H,1-2,5-7,9-11,16H2. The molecular formula is C15H22N2O. The molecule has 3 heteroatoms. The fourth-order valence-corrected chi connectivity index (χ4v) is 3.08. The third-order valence-corrected chi connectivity index (χ3v) is 4.10. The lowest BCUT2D eigenvalue weighted by Gasteiger charge is -2.32. The Morgan fingerprint density at radius 3 is 3.22 bits per heavy atom. The van der Waals surface area contributed by atoms with Crippen LogP contribution in [0.2, 0.25) is 0 Å². The number of ether oxygens (including phenoxy) is 1. The molecule has 0 amide bonds. The Morgan fingerprint density at radius 2 is 2.33 bits per heavy atom. The summed E-state index contributed by atoms with van der Waals surface area (Å²) in [5.74, 6) is 1.77. The highest BCUT2D eigenvalue weighted by Crippen LogP contribution is 2.27. The normalized spacial score (nSPS) is 23.7. The third-order valence-electron chi connectivity index (χ3n) is 4.10. The SMILES string of the molecule is NCC1CCCN(Cc2ccc3c(c2)CCO3)C1. The fourth-order valence-electron chi connectivity index (χ4n) is 3.08. The van der Waals surface area contributed by atoms with Gasteiger partial charge in [-0.3, -0.25) is 4.90 Å². The van der Waals surface area contributed by atoms with Crippen LogP contribution in [0.25, 0.3) is 0 Å². The van der Waals surface area contributed by atoms with Gasteiger partial charge in [0.05, 0.1) is 6.61 Å². The molecular weight excluding hydrogens is 224 g/mol. The smallest absolute Gasteiger partial charge is 0.122 e. The first kappa shape index (κ1) is 12.0. The maximum Gasteiger partial charge on any atom is 0.122 e. The molecule has 2 N–H and O–H groups in total. The van der Waals surface area contributed by atoms with Crippen LogP contribution in [0.3, 0.4) is 0 Å². The fraction of sp³-hybridized carbons (Fsp3) is 0.600. The molecule has 0 radical (unpaired) electrons. The van der Waals surface area contributed by atoms with E-state index in [-0.39, 0.29) is 0 Å². The van der Waals surface area contributed by atoms with E-state index in [4.69, 9.17) is 10.5 Å². The molecule has 0 bridgehead atoms. The molecule has 1 aromatic rings. The van der Waals surface area contributed by atoms with Crippen molar-refractivity contribution in [2.75, 3.05) is 26.2 Å². The number of benzene rings is 1. The lowest BCUT2D eigenvalue weighted by atomic mass is 9.97. The Labute approximate surface area is 109 Å². The van der Waals surface area contributed by atoms with E-state index < -0.39 is 0 Å². The van der Waals surface area contributed by atoms with Crippen LogP contribution in [0.5, 0.6) is 5.75 Å². The molecule has 2 aliphatic rings. The van der Waals surface area contributed by atoms with Crippen molar-refractivity contribution >= 4 is 0 Å². The number of fused-ring (bicyclic) bond motifs is 1. The molecule has 0 saturated carbocycles. The van der Waals surface area contributed by atoms with Gasteiger partial charge in [-0.25, -0.2) is 0 Å². The van der Waals surface area contributed by atoms with E-state index in [2.05, 4.69) is 23.1 Å². The van der Waals surface area contributed by atoms with Gasteiger partial charge < -0.3 is 10.5 Å². The maximum absolute atomic E-state index is 5.79. The largest absolute Gasteiger partial charge is 0.493 e. The van der Waals surface area contributed by atoms with Gasteiger partial charge in [0.25, 0.3) is 0 Å². The van der Waals surface area contributed by atoms with Gasteiger partial charge in [-0.15, -0.1) is 0 Å². The highest BCUT2D eigenvalue weighted by atomic mass is 16.5. The highest BCUT2D eigenvalue weighted by molar-refractivity contribution is 5.39. The molecule has 0 spiro atoms. The third kappa shape index (κ3) is 2.52. The molecule has 2 heterocycles. The van der Waals surface area contributed by atoms with Crippen molar-refractivity contribution in [3.63, 3.8) is 0 Å². The summed E-state index contributed by atoms with van der Waals surface area (Å²) in [6.07, 6.45) is 3.65. The number of hydrogen-bond acceptors (Lipinski definition) is 3. The van der Waals surface area contributed by atoms with Crippen molar-refractivity contribution in [2.45, 2.75) is 25.8 Å². The predicted molar refractivity (Wildman–Crippen MR) is 72.7 cm³/mol. The predicted octanol–water partition coefficient (Wildman–Crippen LogP) is 1.79. The van der Waals surface area contributed by atoms with Crippen LogP contribution in [0.15, 0.2) is 18.2 Å². The van der Waals surface area contributed by atoms with Crippen LogP contribution < -0.4 is 10.5 Å². The molecule has 1 aromatic carbocycles. The Hall–Kier alpha value is -1.06. The van der Waals surface area contributed by atoms with E-state index in [1.165, 1.54) is 30.5 Å². The van der Waals surface area contributed by atoms with Gasteiger partial charge in [0.15, 0.2) is 0 Å². The van der Waals surface area contributed by atoms with Crippen molar-refractivity contribution in [1.29, 1.82) is 0 Å². The molecule has 1 saturated heterocycles. The van der Waals surface area contributed by atoms with Gasteiger partial charge >= 0.3 is 0 Å². The topological polar surface area (TPSA) is 38.5 Å². The highest BCUT2D eigenvalue weighted by Gasteiger charge is 2.19. The zero-order valence-corrected chi connectivity index (χ0v) is 10.9. The number of rotatable bonds is 3. The first-order valence-electron chi connectivity index (χ1n) is 7.02. The first-order valence-corrected chi connectivity index (χ1v) is 7.02. The van der Waals surface area contributed by atoms with Gasteiger partial charge in [0.2, 0.25) is 0 Å². The molecule has 3 rings (SSSR count). The zero-order chi connectivity index (χ0) is 12.4. The van der Waals surface area contributed by atoms with Crippen molar-refractivity contribution in [3.05, 3.63) is 29.3 Å². The molecule has 18 heavy (non-hydrogen) atoms. The summed E-state index contributed by atoms with van der Waals surface area (Å²) >= 11 is 0. The summed E-state index contributed by atoms with van der Waals surface area (Å²) in [5, 5.41) is 0. The summed E-state index contributed by atoms with van der Waals surface area (Å²) in [6, 6.07) is 6.65. The van der Waals surface area contributed by atoms with Crippen LogP contribution in [0.4, 0.5) is 0 Å². The summed E-state index contributed by atoms with van der Waals surface area (Å²) in [7, 11) is 0. The number of piperidine rings is 1. The Balaban J connectivity index is 1.65. The van der Waals surface area contributed by atoms with Crippen LogP contribution >= 0.6 is 0 Å². The molecule has 0 aliphatic carbocycles. The molecule has 98 valence electrons. The average molecular weight is 246 g/mol. The Kier molecular flexibility index (Phi) is 3.52. The van der Waals surface area contributed by atoms with Gasteiger partial charge in [-0.05, 0) is 49.0 Å². The average Bonchev–Trinajstić information content (AvgIpc) is 2.86. The second-order valence-corrected chi connectivity index (χ2v) is 5.52. The van der Waals surface area contributed by atoms with Crippen LogP contribution in [-0.2, 0) is 13.0 Å². The van der Waals surface area contributed by atoms with E-state index in [1.807, 2.05) is 0 Å². The van der Waals surface area contributed by atoms with Crippen molar-refractivity contribution in [1.82, 2.24) is 4.90 Å². The van der Waals surface area contributed by atoms with Gasteiger partial charge in [0.1, 0.15) is 5.75 Å². The van der Waals surface area contributed by atoms with Crippen LogP contribution in [0, 0.1) is 5.92 Å². The van der Waals surface area contributed by atoms with Gasteiger partial charge in [-0.2, -0.15) is 0 Å². The molecule has 3 nitrogen and oxygen atoms in total. The van der Waals surface area contributed by atoms with Crippen molar-refractivity contribution < 1.29 is 4.74 Å². The quantitative estimate of drug-likeness (QED) is 0.883. The minimum absolute atomic E-state index is 0.691. The molecule has 1 atom stereocenters. The van der Waals surface area contributed by atoms with E-state index in [0.717, 1.165) is 38.4 Å². The second kappa shape index (κ2) is 5.29. The minimum Gasteiger partial charge on any atom is -0.493 e. The van der Waals surface area contributed by atoms with E-state index in [1.54, 1.807) is 0 Å². The van der Waals surface area contributed by atoms with E-state index in [0.29, 0.717) is 5.92 Å². The van der Waals surface area contributed by atoms with Gasteiger partial charge in [-0.1, -0.05) is 12.1 Å². The van der Waals surface area contributed by atoms with Crippen molar-refractivity contribution in [3.8, 4) is 5.75 Å². The number of nitrogens with two attached hydrogens (primary N) is 1. The van der Waals surface area contributed by atoms with Crippen molar-refractivity contribution in [2.24, 2.45) is 11.7 Å².